The summed E-state index contributed by atoms with van der Waals surface area (Å²) in [5, 5.41) is 0. The zero-order chi connectivity index (χ0) is 21.2. The quantitative estimate of drug-likeness (QED) is 0.442. The minimum atomic E-state index is -4.35. The average Bonchev–Trinajstić information content (AvgIpc) is 3.05. The molecule has 0 atom stereocenters. The minimum Gasteiger partial charge on any atom is -0.342 e. The van der Waals surface area contributed by atoms with E-state index in [2.05, 4.69) is 9.98 Å². The van der Waals surface area contributed by atoms with Gasteiger partial charge in [-0.15, -0.1) is 0 Å². The fourth-order valence-electron chi connectivity index (χ4n) is 3.08. The summed E-state index contributed by atoms with van der Waals surface area (Å²) >= 11 is 0. The molecule has 1 aromatic heterocycles. The number of hydrogen-bond acceptors (Lipinski definition) is 2. The number of hydrogen-bond donors (Lipinski definition) is 0. The molecule has 0 radical (unpaired) electrons. The van der Waals surface area contributed by atoms with Gasteiger partial charge >= 0.3 is 6.18 Å². The third kappa shape index (κ3) is 4.83. The van der Waals surface area contributed by atoms with Crippen LogP contribution in [0.5, 0.6) is 0 Å². The molecule has 1 heterocycles. The van der Waals surface area contributed by atoms with E-state index in [1.165, 1.54) is 17.7 Å². The first-order valence-corrected chi connectivity index (χ1v) is 9.16. The zero-order valence-corrected chi connectivity index (χ0v) is 16.7. The summed E-state index contributed by atoms with van der Waals surface area (Å²) in [6.07, 6.45) is -4.35. The van der Waals surface area contributed by atoms with Crippen molar-refractivity contribution in [3.8, 4) is 0 Å². The van der Waals surface area contributed by atoms with Gasteiger partial charge in [0.05, 0.1) is 39.7 Å². The van der Waals surface area contributed by atoms with E-state index in [1.807, 2.05) is 68.8 Å². The fourth-order valence-corrected chi connectivity index (χ4v) is 3.08. The van der Waals surface area contributed by atoms with Crippen molar-refractivity contribution in [1.82, 2.24) is 4.57 Å². The van der Waals surface area contributed by atoms with Crippen molar-refractivity contribution in [2.45, 2.75) is 26.9 Å². The Hall–Kier alpha value is -3.15. The Balaban J connectivity index is 1.86. The first-order valence-electron chi connectivity index (χ1n) is 9.16. The van der Waals surface area contributed by atoms with E-state index >= 15 is 0 Å². The standard InChI is InChI=1S/C23H22F3N3/c1-15-5-9-19(10-6-15)27-16(2)21-13-14-22(29(21)4)17(3)28-20-11-7-18(8-12-20)23(24,25)26/h5-14H,1-4H3. The van der Waals surface area contributed by atoms with Gasteiger partial charge < -0.3 is 4.57 Å². The molecule has 0 fully saturated rings. The molecule has 3 rings (SSSR count). The maximum absolute atomic E-state index is 12.7. The highest BCUT2D eigenvalue weighted by Gasteiger charge is 2.29. The molecule has 0 aliphatic heterocycles. The van der Waals surface area contributed by atoms with Gasteiger partial charge in [0.15, 0.2) is 0 Å². The van der Waals surface area contributed by atoms with Crippen molar-refractivity contribution in [3.63, 3.8) is 0 Å². The van der Waals surface area contributed by atoms with Gasteiger partial charge in [-0.05, 0) is 69.3 Å². The van der Waals surface area contributed by atoms with Gasteiger partial charge in [-0.25, -0.2) is 0 Å². The average molecular weight is 397 g/mol. The van der Waals surface area contributed by atoms with Crippen molar-refractivity contribution < 1.29 is 13.2 Å². The molecule has 3 nitrogen and oxygen atoms in total. The van der Waals surface area contributed by atoms with Gasteiger partial charge in [-0.2, -0.15) is 13.2 Å². The van der Waals surface area contributed by atoms with Crippen molar-refractivity contribution in [3.05, 3.63) is 83.2 Å². The van der Waals surface area contributed by atoms with Crippen molar-refractivity contribution in [2.75, 3.05) is 0 Å². The topological polar surface area (TPSA) is 29.6 Å². The van der Waals surface area contributed by atoms with E-state index < -0.39 is 11.7 Å². The highest BCUT2D eigenvalue weighted by Crippen LogP contribution is 2.30. The molecule has 0 N–H and O–H groups in total. The SMILES string of the molecule is CC(=Nc1ccc(C)cc1)c1ccc(C(C)=Nc2ccc(C(F)(F)F)cc2)n1C. The van der Waals surface area contributed by atoms with Crippen LogP contribution < -0.4 is 0 Å². The van der Waals surface area contributed by atoms with Crippen LogP contribution in [0.15, 0.2) is 70.6 Å². The molecule has 2 aromatic carbocycles. The molecule has 6 heteroatoms. The number of aliphatic imine (C=N–C) groups is 2. The monoisotopic (exact) mass is 397 g/mol. The highest BCUT2D eigenvalue weighted by atomic mass is 19.4. The molecule has 0 aliphatic rings. The smallest absolute Gasteiger partial charge is 0.342 e. The molecule has 0 amide bonds. The number of nitrogens with zero attached hydrogens (tertiary/aromatic N) is 3. The van der Waals surface area contributed by atoms with Crippen LogP contribution in [0.2, 0.25) is 0 Å². The second kappa shape index (κ2) is 8.07. The number of alkyl halides is 3. The van der Waals surface area contributed by atoms with E-state index in [9.17, 15) is 13.2 Å². The van der Waals surface area contributed by atoms with Gasteiger partial charge in [0.2, 0.25) is 0 Å². The first kappa shape index (κ1) is 20.6. The Kier molecular flexibility index (Phi) is 5.73. The molecule has 0 aliphatic carbocycles. The molecular formula is C23H22F3N3. The summed E-state index contributed by atoms with van der Waals surface area (Å²) < 4.78 is 40.1. The second-order valence-corrected chi connectivity index (χ2v) is 6.94. The van der Waals surface area contributed by atoms with Crippen LogP contribution in [0.1, 0.15) is 36.4 Å². The highest BCUT2D eigenvalue weighted by molar-refractivity contribution is 6.03. The Morgan fingerprint density at radius 3 is 1.55 bits per heavy atom. The third-order valence-electron chi connectivity index (χ3n) is 4.69. The molecule has 0 saturated carbocycles. The summed E-state index contributed by atoms with van der Waals surface area (Å²) in [5.74, 6) is 0. The van der Waals surface area contributed by atoms with Gasteiger partial charge in [-0.3, -0.25) is 9.98 Å². The van der Waals surface area contributed by atoms with Crippen molar-refractivity contribution in [1.29, 1.82) is 0 Å². The molecule has 3 aromatic rings. The van der Waals surface area contributed by atoms with Crippen LogP contribution >= 0.6 is 0 Å². The largest absolute Gasteiger partial charge is 0.416 e. The fraction of sp³-hybridized carbons (Fsp3) is 0.217. The Morgan fingerprint density at radius 2 is 1.14 bits per heavy atom. The maximum Gasteiger partial charge on any atom is 0.416 e. The predicted octanol–water partition coefficient (Wildman–Crippen LogP) is 6.63. The molecule has 29 heavy (non-hydrogen) atoms. The van der Waals surface area contributed by atoms with E-state index in [0.717, 1.165) is 34.9 Å². The number of aromatic nitrogens is 1. The maximum atomic E-state index is 12.7. The Morgan fingerprint density at radius 1 is 0.724 bits per heavy atom. The van der Waals surface area contributed by atoms with Gasteiger partial charge in [0, 0.05) is 7.05 Å². The number of aryl methyl sites for hydroxylation is 1. The lowest BCUT2D eigenvalue weighted by molar-refractivity contribution is -0.137. The molecule has 0 unspecified atom stereocenters. The molecule has 0 spiro atoms. The third-order valence-corrected chi connectivity index (χ3v) is 4.69. The van der Waals surface area contributed by atoms with Crippen LogP contribution in [0.3, 0.4) is 0 Å². The van der Waals surface area contributed by atoms with Crippen LogP contribution in [-0.2, 0) is 13.2 Å². The lowest BCUT2D eigenvalue weighted by atomic mass is 10.2. The molecule has 150 valence electrons. The van der Waals surface area contributed by atoms with Crippen molar-refractivity contribution >= 4 is 22.8 Å². The van der Waals surface area contributed by atoms with Crippen LogP contribution in [-0.4, -0.2) is 16.0 Å². The summed E-state index contributed by atoms with van der Waals surface area (Å²) in [7, 11) is 1.92. The summed E-state index contributed by atoms with van der Waals surface area (Å²) in [4.78, 5) is 9.14. The van der Waals surface area contributed by atoms with Crippen LogP contribution in [0.4, 0.5) is 24.5 Å². The molecule has 0 bridgehead atoms. The van der Waals surface area contributed by atoms with Gasteiger partial charge in [0.25, 0.3) is 0 Å². The number of rotatable bonds is 4. The number of halogens is 3. The zero-order valence-electron chi connectivity index (χ0n) is 16.7. The minimum absolute atomic E-state index is 0.475. The lowest BCUT2D eigenvalue weighted by Gasteiger charge is -2.09. The predicted molar refractivity (Wildman–Crippen MR) is 112 cm³/mol. The van der Waals surface area contributed by atoms with E-state index in [0.29, 0.717) is 11.4 Å². The van der Waals surface area contributed by atoms with E-state index in [4.69, 9.17) is 0 Å². The summed E-state index contributed by atoms with van der Waals surface area (Å²) in [5.41, 5.74) is 5.25. The lowest BCUT2D eigenvalue weighted by Crippen LogP contribution is -2.09. The number of benzene rings is 2. The molecular weight excluding hydrogens is 375 g/mol. The molecule has 0 saturated heterocycles. The summed E-state index contributed by atoms with van der Waals surface area (Å²) in [6, 6.07) is 16.7. The summed E-state index contributed by atoms with van der Waals surface area (Å²) in [6.45, 7) is 5.81. The normalized spacial score (nSPS) is 13.1. The van der Waals surface area contributed by atoms with Gasteiger partial charge in [0.1, 0.15) is 0 Å². The van der Waals surface area contributed by atoms with Gasteiger partial charge in [-0.1, -0.05) is 17.7 Å². The Labute approximate surface area is 168 Å². The Bertz CT molecular complexity index is 1050. The second-order valence-electron chi connectivity index (χ2n) is 6.94. The van der Waals surface area contributed by atoms with E-state index in [1.54, 1.807) is 0 Å². The van der Waals surface area contributed by atoms with Crippen LogP contribution in [0.25, 0.3) is 0 Å². The first-order chi connectivity index (χ1) is 13.6. The van der Waals surface area contributed by atoms with Crippen LogP contribution in [0, 0.1) is 6.92 Å². The van der Waals surface area contributed by atoms with E-state index in [-0.39, 0.29) is 0 Å². The van der Waals surface area contributed by atoms with Crippen molar-refractivity contribution in [2.24, 2.45) is 17.0 Å².